The number of ether oxygens (including phenoxy) is 1. The fourth-order valence-electron chi connectivity index (χ4n) is 2.42. The summed E-state index contributed by atoms with van der Waals surface area (Å²) in [5.41, 5.74) is 2.50. The van der Waals surface area contributed by atoms with Crippen LogP contribution < -0.4 is 4.74 Å². The Kier molecular flexibility index (Phi) is 5.90. The lowest BCUT2D eigenvalue weighted by atomic mass is 9.89. The van der Waals surface area contributed by atoms with Gasteiger partial charge in [0, 0.05) is 6.42 Å². The molecule has 1 rings (SSSR count). The summed E-state index contributed by atoms with van der Waals surface area (Å²) < 4.78 is 5.40. The van der Waals surface area contributed by atoms with Gasteiger partial charge in [-0.15, -0.1) is 0 Å². The molecule has 0 fully saturated rings. The van der Waals surface area contributed by atoms with Crippen molar-refractivity contribution in [3.63, 3.8) is 0 Å². The number of hydrogen-bond donors (Lipinski definition) is 0. The highest BCUT2D eigenvalue weighted by Gasteiger charge is 2.15. The van der Waals surface area contributed by atoms with E-state index in [1.807, 2.05) is 6.07 Å². The van der Waals surface area contributed by atoms with E-state index in [4.69, 9.17) is 4.74 Å². The molecule has 1 unspecified atom stereocenters. The minimum atomic E-state index is 0.215. The second-order valence-corrected chi connectivity index (χ2v) is 4.82. The van der Waals surface area contributed by atoms with Gasteiger partial charge in [0.05, 0.1) is 7.11 Å². The summed E-state index contributed by atoms with van der Waals surface area (Å²) in [4.78, 5) is 10.7. The van der Waals surface area contributed by atoms with Crippen molar-refractivity contribution < 1.29 is 9.53 Å². The first kappa shape index (κ1) is 14.7. The van der Waals surface area contributed by atoms with E-state index in [0.29, 0.717) is 12.3 Å². The molecule has 1 aromatic rings. The number of methoxy groups -OCH3 is 1. The maximum atomic E-state index is 10.7. The summed E-state index contributed by atoms with van der Waals surface area (Å²) in [6.45, 7) is 6.50. The van der Waals surface area contributed by atoms with Crippen LogP contribution in [0.3, 0.4) is 0 Å². The summed E-state index contributed by atoms with van der Waals surface area (Å²) in [5.74, 6) is 1.70. The van der Waals surface area contributed by atoms with Gasteiger partial charge >= 0.3 is 0 Å². The van der Waals surface area contributed by atoms with Crippen molar-refractivity contribution in [1.82, 2.24) is 0 Å². The Morgan fingerprint density at radius 1 is 1.28 bits per heavy atom. The van der Waals surface area contributed by atoms with E-state index in [2.05, 4.69) is 32.9 Å². The van der Waals surface area contributed by atoms with Crippen molar-refractivity contribution in [3.8, 4) is 5.75 Å². The molecule has 0 saturated carbocycles. The zero-order chi connectivity index (χ0) is 13.5. The molecule has 0 saturated heterocycles. The van der Waals surface area contributed by atoms with Gasteiger partial charge in [-0.1, -0.05) is 32.9 Å². The largest absolute Gasteiger partial charge is 0.496 e. The molecular weight excluding hydrogens is 224 g/mol. The van der Waals surface area contributed by atoms with Crippen molar-refractivity contribution >= 4 is 6.29 Å². The van der Waals surface area contributed by atoms with E-state index in [-0.39, 0.29) is 5.92 Å². The molecule has 100 valence electrons. The fourth-order valence-corrected chi connectivity index (χ4v) is 2.42. The normalized spacial score (nSPS) is 12.5. The van der Waals surface area contributed by atoms with Crippen molar-refractivity contribution in [1.29, 1.82) is 0 Å². The second-order valence-electron chi connectivity index (χ2n) is 4.82. The molecule has 0 aliphatic carbocycles. The van der Waals surface area contributed by atoms with Gasteiger partial charge < -0.3 is 9.53 Å². The molecule has 0 aliphatic heterocycles. The molecule has 0 radical (unpaired) electrons. The highest BCUT2D eigenvalue weighted by atomic mass is 16.5. The maximum Gasteiger partial charge on any atom is 0.122 e. The third kappa shape index (κ3) is 3.34. The average Bonchev–Trinajstić information content (AvgIpc) is 2.40. The molecule has 2 nitrogen and oxygen atoms in total. The predicted molar refractivity (Wildman–Crippen MR) is 75.4 cm³/mol. The van der Waals surface area contributed by atoms with Gasteiger partial charge in [-0.25, -0.2) is 0 Å². The van der Waals surface area contributed by atoms with Crippen LogP contribution in [0, 0.1) is 0 Å². The van der Waals surface area contributed by atoms with Gasteiger partial charge in [0.15, 0.2) is 0 Å². The van der Waals surface area contributed by atoms with Gasteiger partial charge in [0.1, 0.15) is 12.0 Å². The Morgan fingerprint density at radius 3 is 2.44 bits per heavy atom. The van der Waals surface area contributed by atoms with E-state index in [1.165, 1.54) is 5.56 Å². The fraction of sp³-hybridized carbons (Fsp3) is 0.562. The van der Waals surface area contributed by atoms with Crippen LogP contribution in [-0.2, 0) is 4.79 Å². The number of benzene rings is 1. The van der Waals surface area contributed by atoms with Crippen molar-refractivity contribution in [2.45, 2.75) is 51.9 Å². The molecule has 18 heavy (non-hydrogen) atoms. The van der Waals surface area contributed by atoms with Crippen LogP contribution in [0.4, 0.5) is 0 Å². The van der Waals surface area contributed by atoms with Crippen molar-refractivity contribution in [2.75, 3.05) is 7.11 Å². The Hall–Kier alpha value is -1.31. The third-order valence-corrected chi connectivity index (χ3v) is 3.69. The summed E-state index contributed by atoms with van der Waals surface area (Å²) in [5, 5.41) is 0. The van der Waals surface area contributed by atoms with Crippen LogP contribution >= 0.6 is 0 Å². The third-order valence-electron chi connectivity index (χ3n) is 3.69. The molecule has 0 bridgehead atoms. The van der Waals surface area contributed by atoms with Gasteiger partial charge in [0.25, 0.3) is 0 Å². The molecule has 0 aromatic heterocycles. The number of carbonyl (C=O) groups excluding carboxylic acids is 1. The van der Waals surface area contributed by atoms with E-state index in [9.17, 15) is 4.79 Å². The lowest BCUT2D eigenvalue weighted by Crippen LogP contribution is -2.02. The molecule has 2 heteroatoms. The zero-order valence-electron chi connectivity index (χ0n) is 11.9. The van der Waals surface area contributed by atoms with Gasteiger partial charge in [-0.3, -0.25) is 0 Å². The number of aldehydes is 1. The van der Waals surface area contributed by atoms with Crippen LogP contribution in [0.1, 0.15) is 63.0 Å². The van der Waals surface area contributed by atoms with Gasteiger partial charge in [0.2, 0.25) is 0 Å². The van der Waals surface area contributed by atoms with Crippen molar-refractivity contribution in [2.24, 2.45) is 0 Å². The standard InChI is InChI=1S/C16H24O2/c1-5-13(6-2)14-7-8-16(18-4)15(11-14)12(3)9-10-17/h7-8,10-13H,5-6,9H2,1-4H3. The van der Waals surface area contributed by atoms with Gasteiger partial charge in [-0.2, -0.15) is 0 Å². The molecule has 0 aliphatic rings. The lowest BCUT2D eigenvalue weighted by Gasteiger charge is -2.19. The van der Waals surface area contributed by atoms with E-state index in [0.717, 1.165) is 30.4 Å². The Morgan fingerprint density at radius 2 is 1.94 bits per heavy atom. The van der Waals surface area contributed by atoms with E-state index < -0.39 is 0 Å². The first-order valence-corrected chi connectivity index (χ1v) is 6.79. The van der Waals surface area contributed by atoms with E-state index in [1.54, 1.807) is 7.11 Å². The van der Waals surface area contributed by atoms with E-state index >= 15 is 0 Å². The number of rotatable bonds is 7. The lowest BCUT2D eigenvalue weighted by molar-refractivity contribution is -0.108. The second kappa shape index (κ2) is 7.20. The highest BCUT2D eigenvalue weighted by Crippen LogP contribution is 2.33. The molecular formula is C16H24O2. The van der Waals surface area contributed by atoms with Crippen LogP contribution in [0.2, 0.25) is 0 Å². The molecule has 0 spiro atoms. The average molecular weight is 248 g/mol. The SMILES string of the molecule is CCC(CC)c1ccc(OC)c(C(C)CC=O)c1. The number of carbonyl (C=O) groups is 1. The van der Waals surface area contributed by atoms with Crippen LogP contribution in [0.15, 0.2) is 18.2 Å². The quantitative estimate of drug-likeness (QED) is 0.673. The molecule has 0 N–H and O–H groups in total. The molecule has 1 aromatic carbocycles. The zero-order valence-corrected chi connectivity index (χ0v) is 11.9. The topological polar surface area (TPSA) is 26.3 Å². The summed E-state index contributed by atoms with van der Waals surface area (Å²) in [6, 6.07) is 6.39. The predicted octanol–water partition coefficient (Wildman–Crippen LogP) is 4.29. The minimum Gasteiger partial charge on any atom is -0.496 e. The number of hydrogen-bond acceptors (Lipinski definition) is 2. The Balaban J connectivity index is 3.11. The van der Waals surface area contributed by atoms with Gasteiger partial charge in [-0.05, 0) is 41.9 Å². The summed E-state index contributed by atoms with van der Waals surface area (Å²) in [6.07, 6.45) is 3.81. The Labute approximate surface area is 110 Å². The Bertz CT molecular complexity index is 381. The van der Waals surface area contributed by atoms with Crippen LogP contribution in [0.25, 0.3) is 0 Å². The summed E-state index contributed by atoms with van der Waals surface area (Å²) in [7, 11) is 1.68. The first-order chi connectivity index (χ1) is 8.67. The minimum absolute atomic E-state index is 0.215. The summed E-state index contributed by atoms with van der Waals surface area (Å²) >= 11 is 0. The molecule has 0 amide bonds. The van der Waals surface area contributed by atoms with Crippen molar-refractivity contribution in [3.05, 3.63) is 29.3 Å². The monoisotopic (exact) mass is 248 g/mol. The molecule has 0 heterocycles. The molecule has 1 atom stereocenters. The van der Waals surface area contributed by atoms with Crippen LogP contribution in [0.5, 0.6) is 5.75 Å². The maximum absolute atomic E-state index is 10.7. The first-order valence-electron chi connectivity index (χ1n) is 6.79. The smallest absolute Gasteiger partial charge is 0.122 e. The van der Waals surface area contributed by atoms with Crippen LogP contribution in [-0.4, -0.2) is 13.4 Å². The highest BCUT2D eigenvalue weighted by molar-refractivity contribution is 5.53.